The lowest BCUT2D eigenvalue weighted by Crippen LogP contribution is -2.43. The van der Waals surface area contributed by atoms with E-state index in [9.17, 15) is 14.7 Å². The van der Waals surface area contributed by atoms with Crippen LogP contribution in [0.2, 0.25) is 0 Å². The van der Waals surface area contributed by atoms with E-state index in [1.54, 1.807) is 0 Å². The number of ketones is 1. The van der Waals surface area contributed by atoms with Gasteiger partial charge in [-0.25, -0.2) is 4.79 Å². The zero-order valence-electron chi connectivity index (χ0n) is 19.0. The smallest absolute Gasteiger partial charge is 0.338 e. The van der Waals surface area contributed by atoms with Gasteiger partial charge in [0.15, 0.2) is 11.9 Å². The second kappa shape index (κ2) is 9.54. The number of ether oxygens (including phenoxy) is 1. The van der Waals surface area contributed by atoms with Crippen molar-refractivity contribution in [3.05, 3.63) is 83.1 Å². The summed E-state index contributed by atoms with van der Waals surface area (Å²) in [6.07, 6.45) is 6.88. The Morgan fingerprint density at radius 3 is 1.73 bits per heavy atom. The summed E-state index contributed by atoms with van der Waals surface area (Å²) in [6, 6.07) is 19.8. The van der Waals surface area contributed by atoms with Crippen molar-refractivity contribution in [1.82, 2.24) is 0 Å². The van der Waals surface area contributed by atoms with Gasteiger partial charge in [-0.2, -0.15) is 0 Å². The fourth-order valence-electron chi connectivity index (χ4n) is 5.25. The average Bonchev–Trinajstić information content (AvgIpc) is 3.74. The number of hydrogen-bond donors (Lipinski definition) is 1. The molecule has 0 aromatic heterocycles. The molecule has 3 aliphatic rings. The second-order valence-electron chi connectivity index (χ2n) is 10.1. The maximum Gasteiger partial charge on any atom is 0.338 e. The number of carbonyl (C=O) groups is 2. The standard InChI is InChI=1S/C29H32O4/c30-26-25(23(15-19-7-3-1-4-8-19)16-20-9-5-2-6-10-20)29(32)33-28(27(26)31)24(17-21-11-12-21)18-22-13-14-22/h1-10,21-24,28,30H,11-18H2. The fourth-order valence-corrected chi connectivity index (χ4v) is 5.25. The van der Waals surface area contributed by atoms with Crippen LogP contribution >= 0.6 is 0 Å². The summed E-state index contributed by atoms with van der Waals surface area (Å²) in [5.41, 5.74) is 2.25. The van der Waals surface area contributed by atoms with E-state index in [1.807, 2.05) is 60.7 Å². The summed E-state index contributed by atoms with van der Waals surface area (Å²) >= 11 is 0. The highest BCUT2D eigenvalue weighted by atomic mass is 16.6. The molecule has 33 heavy (non-hydrogen) atoms. The lowest BCUT2D eigenvalue weighted by atomic mass is 9.81. The molecule has 1 unspecified atom stereocenters. The third kappa shape index (κ3) is 5.38. The largest absolute Gasteiger partial charge is 0.504 e. The molecule has 0 saturated heterocycles. The fraction of sp³-hybridized carbons (Fsp3) is 0.448. The molecule has 0 amide bonds. The Kier molecular flexibility index (Phi) is 6.34. The van der Waals surface area contributed by atoms with E-state index in [0.717, 1.165) is 24.0 Å². The lowest BCUT2D eigenvalue weighted by Gasteiger charge is -2.32. The number of carbonyl (C=O) groups excluding carboxylic acids is 2. The van der Waals surface area contributed by atoms with Crippen LogP contribution in [0.4, 0.5) is 0 Å². The SMILES string of the molecule is O=C1OC(C(CC2CC2)CC2CC2)C(=O)C(O)=C1C(Cc1ccccc1)Cc1ccccc1. The molecule has 4 heteroatoms. The van der Waals surface area contributed by atoms with Crippen molar-refractivity contribution < 1.29 is 19.4 Å². The van der Waals surface area contributed by atoms with E-state index >= 15 is 0 Å². The van der Waals surface area contributed by atoms with E-state index in [4.69, 9.17) is 4.74 Å². The van der Waals surface area contributed by atoms with Crippen LogP contribution in [0.3, 0.4) is 0 Å². The van der Waals surface area contributed by atoms with Gasteiger partial charge in [0.05, 0.1) is 5.57 Å². The van der Waals surface area contributed by atoms with Crippen LogP contribution in [-0.2, 0) is 27.2 Å². The summed E-state index contributed by atoms with van der Waals surface area (Å²) < 4.78 is 5.85. The minimum atomic E-state index is -0.837. The van der Waals surface area contributed by atoms with Gasteiger partial charge in [-0.1, -0.05) is 86.3 Å². The number of hydrogen-bond acceptors (Lipinski definition) is 4. The zero-order chi connectivity index (χ0) is 22.8. The quantitative estimate of drug-likeness (QED) is 0.484. The Hall–Kier alpha value is -2.88. The molecule has 0 bridgehead atoms. The molecule has 0 spiro atoms. The Labute approximate surface area is 195 Å². The third-order valence-electron chi connectivity index (χ3n) is 7.35. The molecule has 2 fully saturated rings. The first-order chi connectivity index (χ1) is 16.1. The predicted molar refractivity (Wildman–Crippen MR) is 126 cm³/mol. The third-order valence-corrected chi connectivity index (χ3v) is 7.35. The minimum absolute atomic E-state index is 0.0202. The van der Waals surface area contributed by atoms with Crippen molar-refractivity contribution in [1.29, 1.82) is 0 Å². The first-order valence-corrected chi connectivity index (χ1v) is 12.3. The van der Waals surface area contributed by atoms with Crippen LogP contribution in [0.1, 0.15) is 49.7 Å². The Morgan fingerprint density at radius 1 is 0.788 bits per heavy atom. The molecule has 2 aromatic carbocycles. The molecule has 4 nitrogen and oxygen atoms in total. The van der Waals surface area contributed by atoms with E-state index in [1.165, 1.54) is 25.7 Å². The van der Waals surface area contributed by atoms with Crippen molar-refractivity contribution in [3.8, 4) is 0 Å². The van der Waals surface area contributed by atoms with E-state index in [2.05, 4.69) is 0 Å². The minimum Gasteiger partial charge on any atom is -0.504 e. The number of esters is 1. The second-order valence-corrected chi connectivity index (χ2v) is 10.1. The van der Waals surface area contributed by atoms with Gasteiger partial charge in [0.25, 0.3) is 0 Å². The first kappa shape index (κ1) is 21.9. The van der Waals surface area contributed by atoms with Gasteiger partial charge < -0.3 is 9.84 Å². The Bertz CT molecular complexity index is 963. The van der Waals surface area contributed by atoms with Crippen LogP contribution in [-0.4, -0.2) is 23.0 Å². The summed E-state index contributed by atoms with van der Waals surface area (Å²) in [6.45, 7) is 0. The Morgan fingerprint density at radius 2 is 1.27 bits per heavy atom. The molecule has 5 rings (SSSR count). The van der Waals surface area contributed by atoms with Crippen molar-refractivity contribution in [2.24, 2.45) is 23.7 Å². The molecule has 1 atom stereocenters. The molecule has 2 aliphatic carbocycles. The molecule has 1 N–H and O–H groups in total. The highest BCUT2D eigenvalue weighted by molar-refractivity contribution is 6.08. The van der Waals surface area contributed by atoms with Gasteiger partial charge >= 0.3 is 5.97 Å². The highest BCUT2D eigenvalue weighted by Gasteiger charge is 2.45. The monoisotopic (exact) mass is 444 g/mol. The van der Waals surface area contributed by atoms with Crippen LogP contribution in [0.15, 0.2) is 72.0 Å². The van der Waals surface area contributed by atoms with Crippen LogP contribution in [0.5, 0.6) is 0 Å². The molecular formula is C29H32O4. The predicted octanol–water partition coefficient (Wildman–Crippen LogP) is 5.61. The molecule has 0 radical (unpaired) electrons. The number of benzene rings is 2. The van der Waals surface area contributed by atoms with Gasteiger partial charge in [0.2, 0.25) is 5.78 Å². The average molecular weight is 445 g/mol. The zero-order valence-corrected chi connectivity index (χ0v) is 19.0. The molecule has 2 aromatic rings. The maximum absolute atomic E-state index is 13.4. The van der Waals surface area contributed by atoms with Gasteiger partial charge in [-0.3, -0.25) is 4.79 Å². The summed E-state index contributed by atoms with van der Waals surface area (Å²) in [4.78, 5) is 26.6. The number of cyclic esters (lactones) is 1. The number of rotatable bonds is 10. The lowest BCUT2D eigenvalue weighted by molar-refractivity contribution is -0.159. The van der Waals surface area contributed by atoms with Crippen LogP contribution in [0, 0.1) is 23.7 Å². The van der Waals surface area contributed by atoms with Crippen molar-refractivity contribution >= 4 is 11.8 Å². The molecule has 2 saturated carbocycles. The van der Waals surface area contributed by atoms with Crippen LogP contribution in [0.25, 0.3) is 0 Å². The topological polar surface area (TPSA) is 63.6 Å². The Balaban J connectivity index is 1.43. The van der Waals surface area contributed by atoms with Crippen molar-refractivity contribution in [3.63, 3.8) is 0 Å². The van der Waals surface area contributed by atoms with E-state index in [0.29, 0.717) is 24.7 Å². The molecule has 1 aliphatic heterocycles. The normalized spacial score (nSPS) is 21.1. The van der Waals surface area contributed by atoms with Gasteiger partial charge in [-0.15, -0.1) is 0 Å². The number of Topliss-reactive ketones (excluding diaryl/α,β-unsaturated/α-hetero) is 1. The molecule has 1 heterocycles. The van der Waals surface area contributed by atoms with Crippen molar-refractivity contribution in [2.75, 3.05) is 0 Å². The van der Waals surface area contributed by atoms with Gasteiger partial charge in [0, 0.05) is 11.8 Å². The van der Waals surface area contributed by atoms with Gasteiger partial charge in [-0.05, 0) is 48.6 Å². The van der Waals surface area contributed by atoms with Crippen molar-refractivity contribution in [2.45, 2.75) is 57.5 Å². The van der Waals surface area contributed by atoms with Gasteiger partial charge in [0.1, 0.15) is 0 Å². The molecule has 172 valence electrons. The number of aliphatic hydroxyl groups excluding tert-OH is 1. The molecular weight excluding hydrogens is 412 g/mol. The highest BCUT2D eigenvalue weighted by Crippen LogP contribution is 2.44. The van der Waals surface area contributed by atoms with E-state index < -0.39 is 17.9 Å². The maximum atomic E-state index is 13.4. The summed E-state index contributed by atoms with van der Waals surface area (Å²) in [5.74, 6) is -0.338. The first-order valence-electron chi connectivity index (χ1n) is 12.3. The number of aliphatic hydroxyl groups is 1. The summed E-state index contributed by atoms with van der Waals surface area (Å²) in [5, 5.41) is 11.1. The van der Waals surface area contributed by atoms with Crippen LogP contribution < -0.4 is 0 Å². The summed E-state index contributed by atoms with van der Waals surface area (Å²) in [7, 11) is 0. The van der Waals surface area contributed by atoms with E-state index in [-0.39, 0.29) is 23.2 Å².